The molecule has 1 aliphatic carbocycles. The summed E-state index contributed by atoms with van der Waals surface area (Å²) in [5.41, 5.74) is 10.3. The maximum Gasteiger partial charge on any atom is 0.221 e. The molecular weight excluding hydrogens is 204 g/mol. The molecule has 2 atom stereocenters. The Morgan fingerprint density at radius 2 is 1.75 bits per heavy atom. The molecule has 0 spiro atoms. The lowest BCUT2D eigenvalue weighted by atomic mass is 9.55. The fourth-order valence-electron chi connectivity index (χ4n) is 3.50. The first-order chi connectivity index (χ1) is 7.19. The first kappa shape index (κ1) is 13.0. The monoisotopic (exact) mass is 226 g/mol. The van der Waals surface area contributed by atoms with Crippen molar-refractivity contribution in [2.45, 2.75) is 46.5 Å². The summed E-state index contributed by atoms with van der Waals surface area (Å²) in [4.78, 5) is 22.8. The van der Waals surface area contributed by atoms with Crippen LogP contribution in [0.25, 0.3) is 0 Å². The Hall–Kier alpha value is -1.06. The third kappa shape index (κ3) is 2.36. The van der Waals surface area contributed by atoms with Crippen molar-refractivity contribution in [3.63, 3.8) is 0 Å². The summed E-state index contributed by atoms with van der Waals surface area (Å²) in [5, 5.41) is 0. The topological polar surface area (TPSA) is 86.2 Å². The molecule has 0 heterocycles. The van der Waals surface area contributed by atoms with Crippen molar-refractivity contribution in [1.29, 1.82) is 0 Å². The Kier molecular flexibility index (Phi) is 3.31. The number of carbonyl (C=O) groups excluding carboxylic acids is 2. The van der Waals surface area contributed by atoms with Crippen LogP contribution in [0.5, 0.6) is 0 Å². The average molecular weight is 226 g/mol. The first-order valence-corrected chi connectivity index (χ1v) is 5.77. The van der Waals surface area contributed by atoms with Crippen molar-refractivity contribution < 1.29 is 9.59 Å². The second kappa shape index (κ2) is 4.07. The van der Waals surface area contributed by atoms with E-state index in [4.69, 9.17) is 11.5 Å². The summed E-state index contributed by atoms with van der Waals surface area (Å²) in [7, 11) is 0. The minimum Gasteiger partial charge on any atom is -0.370 e. The lowest BCUT2D eigenvalue weighted by Gasteiger charge is -2.48. The third-order valence-electron chi connectivity index (χ3n) is 3.91. The molecule has 2 unspecified atom stereocenters. The molecule has 0 aromatic rings. The van der Waals surface area contributed by atoms with Gasteiger partial charge in [0, 0.05) is 12.3 Å². The smallest absolute Gasteiger partial charge is 0.221 e. The summed E-state index contributed by atoms with van der Waals surface area (Å²) in [6, 6.07) is 0. The average Bonchev–Trinajstić information content (AvgIpc) is 1.97. The summed E-state index contributed by atoms with van der Waals surface area (Å²) >= 11 is 0. The molecule has 0 radical (unpaired) electrons. The van der Waals surface area contributed by atoms with Crippen LogP contribution >= 0.6 is 0 Å². The molecule has 4 N–H and O–H groups in total. The van der Waals surface area contributed by atoms with Gasteiger partial charge in [0.2, 0.25) is 11.8 Å². The van der Waals surface area contributed by atoms with E-state index in [9.17, 15) is 9.59 Å². The quantitative estimate of drug-likeness (QED) is 0.757. The highest BCUT2D eigenvalue weighted by Crippen LogP contribution is 2.52. The van der Waals surface area contributed by atoms with E-state index in [1.807, 2.05) is 20.8 Å². The Labute approximate surface area is 96.8 Å². The Morgan fingerprint density at radius 1 is 1.19 bits per heavy atom. The van der Waals surface area contributed by atoms with E-state index in [2.05, 4.69) is 0 Å². The molecule has 0 aromatic carbocycles. The predicted molar refractivity (Wildman–Crippen MR) is 62.2 cm³/mol. The molecule has 4 heteroatoms. The van der Waals surface area contributed by atoms with Gasteiger partial charge in [-0.1, -0.05) is 27.2 Å². The molecule has 16 heavy (non-hydrogen) atoms. The van der Waals surface area contributed by atoms with Gasteiger partial charge in [0.15, 0.2) is 0 Å². The van der Waals surface area contributed by atoms with Gasteiger partial charge in [-0.2, -0.15) is 0 Å². The molecule has 1 fully saturated rings. The number of hydrogen-bond acceptors (Lipinski definition) is 2. The molecule has 1 aliphatic rings. The second-order valence-corrected chi connectivity index (χ2v) is 5.97. The zero-order chi connectivity index (χ0) is 12.6. The molecule has 1 saturated carbocycles. The maximum atomic E-state index is 11.6. The third-order valence-corrected chi connectivity index (χ3v) is 3.91. The van der Waals surface area contributed by atoms with Gasteiger partial charge in [-0.05, 0) is 23.7 Å². The van der Waals surface area contributed by atoms with Gasteiger partial charge in [-0.15, -0.1) is 0 Å². The molecule has 0 saturated heterocycles. The number of rotatable bonds is 3. The molecule has 92 valence electrons. The number of nitrogens with two attached hydrogens (primary N) is 2. The van der Waals surface area contributed by atoms with Crippen LogP contribution in [0.15, 0.2) is 0 Å². The minimum atomic E-state index is -0.376. The van der Waals surface area contributed by atoms with Gasteiger partial charge in [0.25, 0.3) is 0 Å². The van der Waals surface area contributed by atoms with Crippen molar-refractivity contribution in [3.8, 4) is 0 Å². The lowest BCUT2D eigenvalue weighted by Crippen LogP contribution is -2.50. The van der Waals surface area contributed by atoms with Crippen LogP contribution in [0.1, 0.15) is 46.5 Å². The summed E-state index contributed by atoms with van der Waals surface area (Å²) in [6.45, 7) is 6.04. The largest absolute Gasteiger partial charge is 0.370 e. The molecule has 0 bridgehead atoms. The van der Waals surface area contributed by atoms with Crippen LogP contribution in [-0.4, -0.2) is 11.8 Å². The second-order valence-electron chi connectivity index (χ2n) is 5.97. The lowest BCUT2D eigenvalue weighted by molar-refractivity contribution is -0.138. The predicted octanol–water partition coefficient (Wildman–Crippen LogP) is 1.18. The fourth-order valence-corrected chi connectivity index (χ4v) is 3.50. The highest BCUT2D eigenvalue weighted by Gasteiger charge is 2.50. The molecule has 1 rings (SSSR count). The SMILES string of the molecule is CC1(C)CCCC(C)(CC(N)=O)C1C(N)=O. The first-order valence-electron chi connectivity index (χ1n) is 5.77. The molecule has 2 amide bonds. The van der Waals surface area contributed by atoms with Gasteiger partial charge in [-0.25, -0.2) is 0 Å². The number of amides is 2. The Bertz CT molecular complexity index is 312. The van der Waals surface area contributed by atoms with Gasteiger partial charge >= 0.3 is 0 Å². The van der Waals surface area contributed by atoms with Gasteiger partial charge in [-0.3, -0.25) is 9.59 Å². The Balaban J connectivity index is 3.05. The summed E-state index contributed by atoms with van der Waals surface area (Å²) in [6.07, 6.45) is 3.06. The normalized spacial score (nSPS) is 33.3. The van der Waals surface area contributed by atoms with Crippen molar-refractivity contribution in [2.24, 2.45) is 28.2 Å². The standard InChI is InChI=1S/C12H22N2O2/c1-11(2)5-4-6-12(3,7-8(13)15)9(11)10(14)16/h9H,4-7H2,1-3H3,(H2,13,15)(H2,14,16). The van der Waals surface area contributed by atoms with E-state index in [0.29, 0.717) is 0 Å². The number of primary amides is 2. The van der Waals surface area contributed by atoms with E-state index in [1.54, 1.807) is 0 Å². The van der Waals surface area contributed by atoms with Crippen LogP contribution in [0.2, 0.25) is 0 Å². The number of carbonyl (C=O) groups is 2. The molecule has 0 aromatic heterocycles. The van der Waals surface area contributed by atoms with E-state index in [1.165, 1.54) is 0 Å². The fraction of sp³-hybridized carbons (Fsp3) is 0.833. The molecular formula is C12H22N2O2. The zero-order valence-electron chi connectivity index (χ0n) is 10.4. The maximum absolute atomic E-state index is 11.6. The van der Waals surface area contributed by atoms with Crippen molar-refractivity contribution in [2.75, 3.05) is 0 Å². The number of hydrogen-bond donors (Lipinski definition) is 2. The minimum absolute atomic E-state index is 0.145. The van der Waals surface area contributed by atoms with Crippen molar-refractivity contribution in [3.05, 3.63) is 0 Å². The van der Waals surface area contributed by atoms with Gasteiger partial charge in [0.1, 0.15) is 0 Å². The molecule has 4 nitrogen and oxygen atoms in total. The van der Waals surface area contributed by atoms with E-state index >= 15 is 0 Å². The van der Waals surface area contributed by atoms with Crippen molar-refractivity contribution in [1.82, 2.24) is 0 Å². The molecule has 0 aliphatic heterocycles. The van der Waals surface area contributed by atoms with Gasteiger partial charge in [0.05, 0.1) is 0 Å². The van der Waals surface area contributed by atoms with Crippen LogP contribution in [0.3, 0.4) is 0 Å². The van der Waals surface area contributed by atoms with Crippen LogP contribution < -0.4 is 11.5 Å². The summed E-state index contributed by atoms with van der Waals surface area (Å²) in [5.74, 6) is -0.943. The van der Waals surface area contributed by atoms with Crippen LogP contribution in [0, 0.1) is 16.7 Å². The van der Waals surface area contributed by atoms with Gasteiger partial charge < -0.3 is 11.5 Å². The van der Waals surface area contributed by atoms with Crippen molar-refractivity contribution >= 4 is 11.8 Å². The highest BCUT2D eigenvalue weighted by molar-refractivity contribution is 5.81. The van der Waals surface area contributed by atoms with E-state index in [-0.39, 0.29) is 35.0 Å². The van der Waals surface area contributed by atoms with Crippen LogP contribution in [-0.2, 0) is 9.59 Å². The Morgan fingerprint density at radius 3 is 2.19 bits per heavy atom. The van der Waals surface area contributed by atoms with E-state index < -0.39 is 0 Å². The zero-order valence-corrected chi connectivity index (χ0v) is 10.4. The summed E-state index contributed by atoms with van der Waals surface area (Å²) < 4.78 is 0. The van der Waals surface area contributed by atoms with E-state index in [0.717, 1.165) is 19.3 Å². The highest BCUT2D eigenvalue weighted by atomic mass is 16.1. The van der Waals surface area contributed by atoms with Crippen LogP contribution in [0.4, 0.5) is 0 Å².